The lowest BCUT2D eigenvalue weighted by atomic mass is 10.1. The van der Waals surface area contributed by atoms with Crippen molar-refractivity contribution in [3.8, 4) is 0 Å². The molecule has 1 aromatic rings. The highest BCUT2D eigenvalue weighted by Gasteiger charge is 2.07. The predicted octanol–water partition coefficient (Wildman–Crippen LogP) is 2.73. The highest BCUT2D eigenvalue weighted by atomic mass is 16.6. The molecule has 0 saturated carbocycles. The monoisotopic (exact) mass is 232 g/mol. The van der Waals surface area contributed by atoms with Crippen molar-refractivity contribution < 1.29 is 9.72 Å². The van der Waals surface area contributed by atoms with Gasteiger partial charge in [-0.2, -0.15) is 0 Å². The maximum atomic E-state index is 10.6. The number of hydrogen-bond donors (Lipinski definition) is 0. The summed E-state index contributed by atoms with van der Waals surface area (Å²) in [6.45, 7) is 0.148. The van der Waals surface area contributed by atoms with E-state index in [0.717, 1.165) is 0 Å². The van der Waals surface area contributed by atoms with E-state index in [2.05, 4.69) is 10.0 Å². The summed E-state index contributed by atoms with van der Waals surface area (Å²) < 4.78 is 0. The number of aldehydes is 1. The second kappa shape index (κ2) is 6.04. The SMILES string of the molecule is [N-]=[N+]=NCC=Cc1cc(C=O)cc([N+](=O)[O-])c1. The molecular formula is C10H8N4O3. The van der Waals surface area contributed by atoms with Crippen LogP contribution in [-0.4, -0.2) is 17.8 Å². The lowest BCUT2D eigenvalue weighted by Crippen LogP contribution is -1.91. The molecule has 86 valence electrons. The Bertz CT molecular complexity index is 518. The van der Waals surface area contributed by atoms with Crippen molar-refractivity contribution in [1.29, 1.82) is 0 Å². The summed E-state index contributed by atoms with van der Waals surface area (Å²) >= 11 is 0. The molecule has 17 heavy (non-hydrogen) atoms. The third-order valence-electron chi connectivity index (χ3n) is 1.87. The van der Waals surface area contributed by atoms with E-state index in [0.29, 0.717) is 11.8 Å². The molecule has 0 radical (unpaired) electrons. The summed E-state index contributed by atoms with van der Waals surface area (Å²) in [6.07, 6.45) is 3.64. The lowest BCUT2D eigenvalue weighted by molar-refractivity contribution is -0.384. The minimum atomic E-state index is -0.572. The minimum Gasteiger partial charge on any atom is -0.298 e. The van der Waals surface area contributed by atoms with Crippen molar-refractivity contribution in [2.24, 2.45) is 5.11 Å². The van der Waals surface area contributed by atoms with Gasteiger partial charge in [0.05, 0.1) is 4.92 Å². The number of hydrogen-bond acceptors (Lipinski definition) is 4. The molecule has 1 rings (SSSR count). The molecule has 0 unspecified atom stereocenters. The summed E-state index contributed by atoms with van der Waals surface area (Å²) in [5.74, 6) is 0. The molecule has 0 aliphatic heterocycles. The predicted molar refractivity (Wildman–Crippen MR) is 61.5 cm³/mol. The Labute approximate surface area is 96.1 Å². The van der Waals surface area contributed by atoms with E-state index in [9.17, 15) is 14.9 Å². The van der Waals surface area contributed by atoms with Crippen molar-refractivity contribution in [3.05, 3.63) is 56.0 Å². The molecule has 0 aliphatic carbocycles. The fraction of sp³-hybridized carbons (Fsp3) is 0.100. The molecule has 0 amide bonds. The quantitative estimate of drug-likeness (QED) is 0.194. The standard InChI is InChI=1S/C10H8N4O3/c11-13-12-3-1-2-8-4-9(7-15)6-10(5-8)14(16)17/h1-2,4-7H,3H2. The van der Waals surface area contributed by atoms with E-state index < -0.39 is 4.92 Å². The summed E-state index contributed by atoms with van der Waals surface area (Å²) in [7, 11) is 0. The fourth-order valence-corrected chi connectivity index (χ4v) is 1.20. The van der Waals surface area contributed by atoms with Gasteiger partial charge in [-0.1, -0.05) is 17.3 Å². The van der Waals surface area contributed by atoms with Gasteiger partial charge in [0.2, 0.25) is 0 Å². The summed E-state index contributed by atoms with van der Waals surface area (Å²) in [5.41, 5.74) is 8.63. The van der Waals surface area contributed by atoms with Gasteiger partial charge in [0, 0.05) is 29.2 Å². The van der Waals surface area contributed by atoms with Gasteiger partial charge in [-0.3, -0.25) is 14.9 Å². The van der Waals surface area contributed by atoms with Crippen molar-refractivity contribution in [1.82, 2.24) is 0 Å². The second-order valence-electron chi connectivity index (χ2n) is 3.05. The van der Waals surface area contributed by atoms with Crippen molar-refractivity contribution in [2.45, 2.75) is 0 Å². The molecule has 0 spiro atoms. The highest BCUT2D eigenvalue weighted by Crippen LogP contribution is 2.17. The van der Waals surface area contributed by atoms with Crippen LogP contribution in [0.5, 0.6) is 0 Å². The lowest BCUT2D eigenvalue weighted by Gasteiger charge is -1.97. The molecule has 0 bridgehead atoms. The van der Waals surface area contributed by atoms with Crippen molar-refractivity contribution in [3.63, 3.8) is 0 Å². The number of nitrogens with zero attached hydrogens (tertiary/aromatic N) is 4. The molecule has 7 nitrogen and oxygen atoms in total. The first-order valence-corrected chi connectivity index (χ1v) is 4.59. The van der Waals surface area contributed by atoms with E-state index in [1.54, 1.807) is 12.2 Å². The van der Waals surface area contributed by atoms with Gasteiger partial charge in [0.25, 0.3) is 5.69 Å². The number of nitro groups is 1. The Kier molecular flexibility index (Phi) is 4.41. The van der Waals surface area contributed by atoms with Crippen LogP contribution < -0.4 is 0 Å². The van der Waals surface area contributed by atoms with Crippen LogP contribution in [0.25, 0.3) is 16.5 Å². The zero-order valence-corrected chi connectivity index (χ0v) is 8.68. The third kappa shape index (κ3) is 3.77. The molecular weight excluding hydrogens is 224 g/mol. The Morgan fingerprint density at radius 1 is 1.41 bits per heavy atom. The molecule has 7 heteroatoms. The number of carbonyl (C=O) groups is 1. The Morgan fingerprint density at radius 2 is 2.12 bits per heavy atom. The van der Waals surface area contributed by atoms with Crippen LogP contribution in [0, 0.1) is 10.1 Å². The number of non-ortho nitro benzene ring substituents is 1. The number of benzene rings is 1. The van der Waals surface area contributed by atoms with E-state index in [-0.39, 0.29) is 17.8 Å². The summed E-state index contributed by atoms with van der Waals surface area (Å²) in [5, 5.41) is 13.9. The topological polar surface area (TPSA) is 109 Å². The highest BCUT2D eigenvalue weighted by molar-refractivity contribution is 5.78. The number of carbonyl (C=O) groups excluding carboxylic acids is 1. The van der Waals surface area contributed by atoms with Gasteiger partial charge in [-0.15, -0.1) is 0 Å². The van der Waals surface area contributed by atoms with Gasteiger partial charge < -0.3 is 0 Å². The maximum absolute atomic E-state index is 10.6. The molecule has 0 heterocycles. The molecule has 1 aromatic carbocycles. The largest absolute Gasteiger partial charge is 0.298 e. The smallest absolute Gasteiger partial charge is 0.270 e. The molecule has 0 aliphatic rings. The van der Waals surface area contributed by atoms with Gasteiger partial charge >= 0.3 is 0 Å². The van der Waals surface area contributed by atoms with E-state index in [1.165, 1.54) is 18.2 Å². The van der Waals surface area contributed by atoms with Crippen LogP contribution in [0.4, 0.5) is 5.69 Å². The van der Waals surface area contributed by atoms with Gasteiger partial charge in [0.1, 0.15) is 6.29 Å². The average Bonchev–Trinajstić information content (AvgIpc) is 2.34. The minimum absolute atomic E-state index is 0.148. The van der Waals surface area contributed by atoms with E-state index >= 15 is 0 Å². The zero-order chi connectivity index (χ0) is 12.7. The van der Waals surface area contributed by atoms with Gasteiger partial charge in [-0.05, 0) is 17.2 Å². The van der Waals surface area contributed by atoms with Crippen LogP contribution >= 0.6 is 0 Å². The van der Waals surface area contributed by atoms with Crippen LogP contribution in [0.15, 0.2) is 29.4 Å². The van der Waals surface area contributed by atoms with Crippen LogP contribution in [0.2, 0.25) is 0 Å². The molecule has 0 saturated heterocycles. The van der Waals surface area contributed by atoms with Crippen molar-refractivity contribution in [2.75, 3.05) is 6.54 Å². The molecule has 0 fully saturated rings. The van der Waals surface area contributed by atoms with E-state index in [1.807, 2.05) is 0 Å². The fourth-order valence-electron chi connectivity index (χ4n) is 1.20. The van der Waals surface area contributed by atoms with Gasteiger partial charge in [-0.25, -0.2) is 0 Å². The number of rotatable bonds is 5. The van der Waals surface area contributed by atoms with E-state index in [4.69, 9.17) is 5.53 Å². The number of nitro benzene ring substituents is 1. The van der Waals surface area contributed by atoms with Crippen LogP contribution in [0.3, 0.4) is 0 Å². The summed E-state index contributed by atoms with van der Waals surface area (Å²) in [4.78, 5) is 23.2. The average molecular weight is 232 g/mol. The Balaban J connectivity index is 3.02. The molecule has 0 N–H and O–H groups in total. The van der Waals surface area contributed by atoms with Gasteiger partial charge in [0.15, 0.2) is 0 Å². The third-order valence-corrected chi connectivity index (χ3v) is 1.87. The second-order valence-corrected chi connectivity index (χ2v) is 3.05. The first-order chi connectivity index (χ1) is 8.17. The molecule has 0 atom stereocenters. The Hall–Kier alpha value is -2.66. The summed E-state index contributed by atoms with van der Waals surface area (Å²) in [6, 6.07) is 4.03. The first-order valence-electron chi connectivity index (χ1n) is 4.59. The normalized spacial score (nSPS) is 9.88. The van der Waals surface area contributed by atoms with Crippen LogP contribution in [0.1, 0.15) is 15.9 Å². The Morgan fingerprint density at radius 3 is 2.71 bits per heavy atom. The maximum Gasteiger partial charge on any atom is 0.270 e. The van der Waals surface area contributed by atoms with Crippen LogP contribution in [-0.2, 0) is 0 Å². The first kappa shape index (κ1) is 12.4. The van der Waals surface area contributed by atoms with Crippen molar-refractivity contribution >= 4 is 18.0 Å². The zero-order valence-electron chi connectivity index (χ0n) is 8.68. The number of azide groups is 1. The molecule has 0 aromatic heterocycles.